The van der Waals surface area contributed by atoms with Gasteiger partial charge in [-0.05, 0) is 33.3 Å². The van der Waals surface area contributed by atoms with Crippen LogP contribution < -0.4 is 10.2 Å². The van der Waals surface area contributed by atoms with Crippen LogP contribution in [0.3, 0.4) is 0 Å². The average molecular weight is 352 g/mol. The largest absolute Gasteiger partial charge is 0.609 e. The first-order chi connectivity index (χ1) is 10.8. The normalized spacial score (nSPS) is 19.0. The summed E-state index contributed by atoms with van der Waals surface area (Å²) in [5, 5.41) is 3.66. The van der Waals surface area contributed by atoms with Crippen LogP contribution in [-0.2, 0) is 16.9 Å². The Kier molecular flexibility index (Phi) is 5.70. The monoisotopic (exact) mass is 351 g/mol. The van der Waals surface area contributed by atoms with Gasteiger partial charge < -0.3 is 14.8 Å². The van der Waals surface area contributed by atoms with Crippen LogP contribution >= 0.6 is 12.2 Å². The highest BCUT2D eigenvalue weighted by Crippen LogP contribution is 2.25. The van der Waals surface area contributed by atoms with E-state index in [9.17, 15) is 4.55 Å². The number of rotatable bonds is 5. The molecule has 126 valence electrons. The maximum absolute atomic E-state index is 12.7. The summed E-state index contributed by atoms with van der Waals surface area (Å²) in [6, 6.07) is 8.55. The molecule has 0 radical (unpaired) electrons. The Hall–Kier alpha value is -1.11. The fourth-order valence-electron chi connectivity index (χ4n) is 2.39. The Morgan fingerprint density at radius 1 is 1.39 bits per heavy atom. The maximum atomic E-state index is 12.7. The number of nitrogens with one attached hydrogen (secondary N) is 1. The SMILES string of the molecule is CCC(C)N(C)c1ccccc1C[S+]([O-])C1=NC(=S)C(C)(C)N1. The van der Waals surface area contributed by atoms with E-state index in [1.54, 1.807) is 0 Å². The van der Waals surface area contributed by atoms with Crippen molar-refractivity contribution in [3.63, 3.8) is 0 Å². The standard InChI is InChI=1S/C17H25N3OS2/c1-6-12(2)20(5)14-10-8-7-9-13(14)11-23(21)16-18-15(22)17(3,4)19-16/h7-10,12H,6,11H2,1-5H3,(H,18,19,22). The predicted octanol–water partition coefficient (Wildman–Crippen LogP) is 3.24. The van der Waals surface area contributed by atoms with Crippen LogP contribution in [0.5, 0.6) is 0 Å². The molecule has 1 N–H and O–H groups in total. The van der Waals surface area contributed by atoms with Crippen molar-refractivity contribution in [2.45, 2.75) is 51.4 Å². The summed E-state index contributed by atoms with van der Waals surface area (Å²) in [4.78, 5) is 7.09. The van der Waals surface area contributed by atoms with Crippen molar-refractivity contribution in [3.8, 4) is 0 Å². The van der Waals surface area contributed by atoms with E-state index in [1.165, 1.54) is 0 Å². The van der Waals surface area contributed by atoms with Crippen LogP contribution in [0.15, 0.2) is 29.3 Å². The second-order valence-electron chi connectivity index (χ2n) is 6.46. The van der Waals surface area contributed by atoms with E-state index in [-0.39, 0.29) is 0 Å². The molecule has 0 saturated carbocycles. The van der Waals surface area contributed by atoms with Crippen molar-refractivity contribution in [2.75, 3.05) is 11.9 Å². The molecule has 1 aromatic rings. The van der Waals surface area contributed by atoms with Gasteiger partial charge in [-0.1, -0.05) is 37.3 Å². The van der Waals surface area contributed by atoms with Crippen molar-refractivity contribution in [1.29, 1.82) is 0 Å². The van der Waals surface area contributed by atoms with Crippen LogP contribution in [0.4, 0.5) is 5.69 Å². The highest BCUT2D eigenvalue weighted by Gasteiger charge is 2.37. The van der Waals surface area contributed by atoms with Crippen LogP contribution in [-0.4, -0.2) is 33.3 Å². The van der Waals surface area contributed by atoms with Crippen molar-refractivity contribution in [1.82, 2.24) is 5.32 Å². The molecule has 2 rings (SSSR count). The topological polar surface area (TPSA) is 50.7 Å². The number of thiocarbonyl (C=S) groups is 1. The molecule has 0 fully saturated rings. The number of hydrogen-bond donors (Lipinski definition) is 1. The number of para-hydroxylation sites is 1. The van der Waals surface area contributed by atoms with Gasteiger partial charge in [-0.25, -0.2) is 0 Å². The lowest BCUT2D eigenvalue weighted by atomic mass is 10.1. The molecule has 0 bridgehead atoms. The molecule has 1 heterocycles. The molecule has 23 heavy (non-hydrogen) atoms. The second kappa shape index (κ2) is 7.20. The summed E-state index contributed by atoms with van der Waals surface area (Å²) >= 11 is 4.01. The first-order valence-electron chi connectivity index (χ1n) is 7.86. The predicted molar refractivity (Wildman–Crippen MR) is 104 cm³/mol. The minimum absolute atomic E-state index is 0.395. The summed E-state index contributed by atoms with van der Waals surface area (Å²) in [6.45, 7) is 8.26. The van der Waals surface area contributed by atoms with Gasteiger partial charge in [0, 0.05) is 35.5 Å². The quantitative estimate of drug-likeness (QED) is 0.654. The Bertz CT molecular complexity index is 616. The fourth-order valence-corrected chi connectivity index (χ4v) is 3.81. The Morgan fingerprint density at radius 3 is 2.61 bits per heavy atom. The second-order valence-corrected chi connectivity index (χ2v) is 8.21. The Morgan fingerprint density at radius 2 is 2.04 bits per heavy atom. The summed E-state index contributed by atoms with van der Waals surface area (Å²) < 4.78 is 12.7. The van der Waals surface area contributed by atoms with Crippen LogP contribution in [0.2, 0.25) is 0 Å². The zero-order valence-corrected chi connectivity index (χ0v) is 16.1. The lowest BCUT2D eigenvalue weighted by molar-refractivity contribution is 0.597. The summed E-state index contributed by atoms with van der Waals surface area (Å²) in [6.07, 6.45) is 1.06. The van der Waals surface area contributed by atoms with Gasteiger partial charge in [0.2, 0.25) is 0 Å². The Balaban J connectivity index is 2.18. The first-order valence-corrected chi connectivity index (χ1v) is 9.59. The molecule has 0 aliphatic carbocycles. The maximum Gasteiger partial charge on any atom is 0.318 e. The number of hydrogen-bond acceptors (Lipinski definition) is 4. The summed E-state index contributed by atoms with van der Waals surface area (Å²) in [5.74, 6) is 0.432. The molecule has 0 aromatic heterocycles. The molecule has 2 atom stereocenters. The van der Waals surface area contributed by atoms with E-state index in [2.05, 4.69) is 42.2 Å². The van der Waals surface area contributed by atoms with E-state index < -0.39 is 16.7 Å². The average Bonchev–Trinajstić information content (AvgIpc) is 2.80. The molecule has 0 spiro atoms. The molecule has 1 aromatic carbocycles. The third kappa shape index (κ3) is 4.05. The highest BCUT2D eigenvalue weighted by molar-refractivity contribution is 8.05. The first kappa shape index (κ1) is 18.2. The molecule has 1 aliphatic rings. The van der Waals surface area contributed by atoms with E-state index in [0.29, 0.717) is 22.0 Å². The molecule has 6 heteroatoms. The van der Waals surface area contributed by atoms with Gasteiger partial charge in [-0.3, -0.25) is 0 Å². The molecular formula is C17H25N3OS2. The van der Waals surface area contributed by atoms with Crippen LogP contribution in [0.25, 0.3) is 0 Å². The number of nitrogens with zero attached hydrogens (tertiary/aromatic N) is 2. The van der Waals surface area contributed by atoms with Crippen molar-refractivity contribution >= 4 is 39.2 Å². The number of benzene rings is 1. The third-order valence-corrected chi connectivity index (χ3v) is 6.08. The van der Waals surface area contributed by atoms with Gasteiger partial charge >= 0.3 is 5.17 Å². The zero-order chi connectivity index (χ0) is 17.2. The van der Waals surface area contributed by atoms with E-state index in [0.717, 1.165) is 17.7 Å². The van der Waals surface area contributed by atoms with Crippen molar-refractivity contribution in [2.24, 2.45) is 4.99 Å². The summed E-state index contributed by atoms with van der Waals surface area (Å²) in [5.41, 5.74) is 1.79. The van der Waals surface area contributed by atoms with Crippen LogP contribution in [0.1, 0.15) is 39.7 Å². The highest BCUT2D eigenvalue weighted by atomic mass is 32.2. The van der Waals surface area contributed by atoms with Gasteiger partial charge in [0.1, 0.15) is 10.7 Å². The minimum atomic E-state index is -1.23. The van der Waals surface area contributed by atoms with Gasteiger partial charge in [0.15, 0.2) is 0 Å². The van der Waals surface area contributed by atoms with E-state index >= 15 is 0 Å². The Labute approximate surface area is 147 Å². The molecule has 0 saturated heterocycles. The van der Waals surface area contributed by atoms with Crippen molar-refractivity contribution < 1.29 is 4.55 Å². The van der Waals surface area contributed by atoms with E-state index in [4.69, 9.17) is 12.2 Å². The molecule has 2 unspecified atom stereocenters. The lowest BCUT2D eigenvalue weighted by Gasteiger charge is -2.28. The smallest absolute Gasteiger partial charge is 0.318 e. The van der Waals surface area contributed by atoms with Gasteiger partial charge in [0.05, 0.1) is 5.54 Å². The summed E-state index contributed by atoms with van der Waals surface area (Å²) in [7, 11) is 2.08. The molecule has 4 nitrogen and oxygen atoms in total. The fraction of sp³-hybridized carbons (Fsp3) is 0.529. The van der Waals surface area contributed by atoms with Crippen molar-refractivity contribution in [3.05, 3.63) is 29.8 Å². The van der Waals surface area contributed by atoms with Gasteiger partial charge in [-0.2, -0.15) is 4.99 Å². The lowest BCUT2D eigenvalue weighted by Crippen LogP contribution is -2.44. The molecular weight excluding hydrogens is 326 g/mol. The number of amidine groups is 1. The van der Waals surface area contributed by atoms with Gasteiger partial charge in [-0.15, -0.1) is 0 Å². The van der Waals surface area contributed by atoms with E-state index in [1.807, 2.05) is 32.0 Å². The van der Waals surface area contributed by atoms with Crippen LogP contribution in [0, 0.1) is 0 Å². The number of aliphatic imine (C=N–C) groups is 1. The van der Waals surface area contributed by atoms with Gasteiger partial charge in [0.25, 0.3) is 0 Å². The molecule has 0 amide bonds. The third-order valence-electron chi connectivity index (χ3n) is 4.28. The minimum Gasteiger partial charge on any atom is -0.609 e. The zero-order valence-electron chi connectivity index (χ0n) is 14.4. The number of anilines is 1. The molecule has 1 aliphatic heterocycles.